The average Bonchev–Trinajstić information content (AvgIpc) is 2.46. The van der Waals surface area contributed by atoms with Gasteiger partial charge in [0.2, 0.25) is 0 Å². The summed E-state index contributed by atoms with van der Waals surface area (Å²) in [4.78, 5) is 0. The van der Waals surface area contributed by atoms with E-state index >= 15 is 0 Å². The van der Waals surface area contributed by atoms with Crippen LogP contribution in [0, 0.1) is 0 Å². The van der Waals surface area contributed by atoms with Gasteiger partial charge < -0.3 is 19.9 Å². The van der Waals surface area contributed by atoms with Gasteiger partial charge in [0, 0.05) is 6.07 Å². The van der Waals surface area contributed by atoms with Crippen molar-refractivity contribution in [3.8, 4) is 11.5 Å². The number of hydrogen-bond donors (Lipinski definition) is 2. The highest BCUT2D eigenvalue weighted by molar-refractivity contribution is 5.32. The molecule has 1 aromatic rings. The van der Waals surface area contributed by atoms with Gasteiger partial charge in [-0.05, 0) is 37.8 Å². The van der Waals surface area contributed by atoms with Crippen LogP contribution in [0.25, 0.3) is 0 Å². The first-order chi connectivity index (χ1) is 9.36. The largest absolute Gasteiger partial charge is 0.497 e. The van der Waals surface area contributed by atoms with Gasteiger partial charge in [-0.1, -0.05) is 6.07 Å². The lowest BCUT2D eigenvalue weighted by Crippen LogP contribution is -2.85. The highest BCUT2D eigenvalue weighted by atomic mass is 16.5. The Morgan fingerprint density at radius 2 is 1.84 bits per heavy atom. The topological polar surface area (TPSA) is 55.3 Å². The van der Waals surface area contributed by atoms with Gasteiger partial charge in [0.15, 0.2) is 0 Å². The number of aliphatic hydroxyl groups excluding tert-OH is 1. The first-order valence-corrected chi connectivity index (χ1v) is 7.06. The number of aliphatic hydroxyl groups is 1. The maximum absolute atomic E-state index is 8.63. The summed E-state index contributed by atoms with van der Waals surface area (Å²) >= 11 is 0. The normalized spacial score (nSPS) is 10.4. The van der Waals surface area contributed by atoms with Crippen LogP contribution in [-0.2, 0) is 0 Å². The predicted molar refractivity (Wildman–Crippen MR) is 75.7 cm³/mol. The summed E-state index contributed by atoms with van der Waals surface area (Å²) in [5.74, 6) is 1.70. The highest BCUT2D eigenvalue weighted by Crippen LogP contribution is 2.19. The Labute approximate surface area is 115 Å². The van der Waals surface area contributed by atoms with Gasteiger partial charge >= 0.3 is 0 Å². The smallest absolute Gasteiger partial charge is 0.122 e. The Bertz CT molecular complexity index is 331. The van der Waals surface area contributed by atoms with Crippen molar-refractivity contribution < 1.29 is 19.9 Å². The van der Waals surface area contributed by atoms with E-state index in [-0.39, 0.29) is 6.61 Å². The number of rotatable bonds is 11. The lowest BCUT2D eigenvalue weighted by molar-refractivity contribution is -0.656. The van der Waals surface area contributed by atoms with Crippen molar-refractivity contribution in [2.24, 2.45) is 0 Å². The number of hydrogen-bond acceptors (Lipinski definition) is 3. The van der Waals surface area contributed by atoms with Gasteiger partial charge in [-0.2, -0.15) is 0 Å². The maximum Gasteiger partial charge on any atom is 0.122 e. The highest BCUT2D eigenvalue weighted by Gasteiger charge is 1.97. The molecule has 19 heavy (non-hydrogen) atoms. The van der Waals surface area contributed by atoms with Crippen LogP contribution < -0.4 is 14.8 Å². The minimum absolute atomic E-state index is 0.272. The summed E-state index contributed by atoms with van der Waals surface area (Å²) in [5, 5.41) is 10.8. The minimum Gasteiger partial charge on any atom is -0.497 e. The maximum atomic E-state index is 8.63. The first-order valence-electron chi connectivity index (χ1n) is 7.06. The Morgan fingerprint density at radius 1 is 1.05 bits per heavy atom. The summed E-state index contributed by atoms with van der Waals surface area (Å²) in [6.07, 6.45) is 4.71. The van der Waals surface area contributed by atoms with E-state index in [1.165, 1.54) is 19.3 Å². The van der Waals surface area contributed by atoms with Crippen molar-refractivity contribution in [1.82, 2.24) is 0 Å². The molecule has 0 bridgehead atoms. The molecule has 0 heterocycles. The van der Waals surface area contributed by atoms with E-state index < -0.39 is 0 Å². The zero-order valence-electron chi connectivity index (χ0n) is 11.8. The molecule has 0 aliphatic carbocycles. The van der Waals surface area contributed by atoms with Crippen molar-refractivity contribution in [1.29, 1.82) is 0 Å². The standard InChI is InChI=1S/C15H25NO3/c1-18-14-7-6-8-15(13-14)19-12-5-3-2-4-9-16-10-11-17/h6-8,13,16-17H,2-5,9-12H2,1H3/p+1. The molecule has 108 valence electrons. The molecule has 0 aliphatic heterocycles. The van der Waals surface area contributed by atoms with Crippen molar-refractivity contribution >= 4 is 0 Å². The lowest BCUT2D eigenvalue weighted by atomic mass is 10.2. The SMILES string of the molecule is COc1cccc(OCCCCCC[NH2+]CCO)c1. The fraction of sp³-hybridized carbons (Fsp3) is 0.600. The summed E-state index contributed by atoms with van der Waals surface area (Å²) in [6, 6.07) is 7.71. The second-order valence-corrected chi connectivity index (χ2v) is 4.53. The van der Waals surface area contributed by atoms with Crippen molar-refractivity contribution in [3.63, 3.8) is 0 Å². The fourth-order valence-corrected chi connectivity index (χ4v) is 1.86. The molecule has 3 N–H and O–H groups in total. The van der Waals surface area contributed by atoms with Gasteiger partial charge in [0.25, 0.3) is 0 Å². The van der Waals surface area contributed by atoms with Crippen LogP contribution in [-0.4, -0.2) is 38.5 Å². The molecular weight excluding hydrogens is 242 g/mol. The van der Waals surface area contributed by atoms with E-state index in [1.807, 2.05) is 24.3 Å². The molecule has 1 aromatic carbocycles. The molecule has 4 nitrogen and oxygen atoms in total. The molecule has 0 unspecified atom stereocenters. The summed E-state index contributed by atoms with van der Waals surface area (Å²) in [6.45, 7) is 2.96. The monoisotopic (exact) mass is 268 g/mol. The van der Waals surface area contributed by atoms with Crippen LogP contribution in [0.15, 0.2) is 24.3 Å². The van der Waals surface area contributed by atoms with Crippen molar-refractivity contribution in [3.05, 3.63) is 24.3 Å². The third-order valence-electron chi connectivity index (χ3n) is 2.95. The number of quaternary nitrogens is 1. The quantitative estimate of drug-likeness (QED) is 0.593. The molecular formula is C15H26NO3+. The molecule has 0 saturated carbocycles. The Morgan fingerprint density at radius 3 is 2.63 bits per heavy atom. The average molecular weight is 268 g/mol. The third-order valence-corrected chi connectivity index (χ3v) is 2.95. The van der Waals surface area contributed by atoms with E-state index in [9.17, 15) is 0 Å². The summed E-state index contributed by atoms with van der Waals surface area (Å²) in [5.41, 5.74) is 0. The molecule has 0 spiro atoms. The minimum atomic E-state index is 0.272. The number of methoxy groups -OCH3 is 1. The summed E-state index contributed by atoms with van der Waals surface area (Å²) in [7, 11) is 1.66. The van der Waals surface area contributed by atoms with Gasteiger partial charge in [-0.3, -0.25) is 0 Å². The Balaban J connectivity index is 1.98. The predicted octanol–water partition coefficient (Wildman–Crippen LogP) is 1.19. The zero-order valence-corrected chi connectivity index (χ0v) is 11.8. The molecule has 0 fully saturated rings. The molecule has 4 heteroatoms. The van der Waals surface area contributed by atoms with Gasteiger partial charge in [0.1, 0.15) is 11.5 Å². The van der Waals surface area contributed by atoms with Gasteiger partial charge in [-0.15, -0.1) is 0 Å². The van der Waals surface area contributed by atoms with E-state index in [0.29, 0.717) is 0 Å². The molecule has 0 radical (unpaired) electrons. The van der Waals surface area contributed by atoms with Crippen molar-refractivity contribution in [2.75, 3.05) is 33.4 Å². The van der Waals surface area contributed by atoms with Crippen LogP contribution in [0.5, 0.6) is 11.5 Å². The van der Waals surface area contributed by atoms with E-state index in [2.05, 4.69) is 5.32 Å². The van der Waals surface area contributed by atoms with Crippen LogP contribution in [0.3, 0.4) is 0 Å². The van der Waals surface area contributed by atoms with Gasteiger partial charge in [0.05, 0.1) is 33.4 Å². The number of ether oxygens (including phenoxy) is 2. The van der Waals surface area contributed by atoms with Gasteiger partial charge in [-0.25, -0.2) is 0 Å². The molecule has 0 aromatic heterocycles. The summed E-state index contributed by atoms with van der Waals surface area (Å²) < 4.78 is 10.8. The van der Waals surface area contributed by atoms with Crippen LogP contribution in [0.2, 0.25) is 0 Å². The van der Waals surface area contributed by atoms with Crippen molar-refractivity contribution in [2.45, 2.75) is 25.7 Å². The molecule has 0 aliphatic rings. The Hall–Kier alpha value is -1.26. The second-order valence-electron chi connectivity index (χ2n) is 4.53. The second kappa shape index (κ2) is 10.6. The molecule has 1 rings (SSSR count). The molecule has 0 amide bonds. The van der Waals surface area contributed by atoms with Crippen LogP contribution in [0.4, 0.5) is 0 Å². The molecule has 0 atom stereocenters. The lowest BCUT2D eigenvalue weighted by Gasteiger charge is -2.07. The van der Waals surface area contributed by atoms with E-state index in [1.54, 1.807) is 7.11 Å². The zero-order chi connectivity index (χ0) is 13.8. The number of unbranched alkanes of at least 4 members (excludes halogenated alkanes) is 3. The number of benzene rings is 1. The third kappa shape index (κ3) is 7.70. The van der Waals surface area contributed by atoms with Crippen LogP contribution >= 0.6 is 0 Å². The van der Waals surface area contributed by atoms with E-state index in [0.717, 1.165) is 37.6 Å². The Kier molecular flexibility index (Phi) is 8.85. The van der Waals surface area contributed by atoms with E-state index in [4.69, 9.17) is 14.6 Å². The van der Waals surface area contributed by atoms with Crippen LogP contribution in [0.1, 0.15) is 25.7 Å². The first kappa shape index (κ1) is 15.8. The molecule has 0 saturated heterocycles. The number of nitrogens with two attached hydrogens (primary N) is 1. The fourth-order valence-electron chi connectivity index (χ4n) is 1.86.